The second kappa shape index (κ2) is 3.90. The molecule has 1 aliphatic rings. The third-order valence-corrected chi connectivity index (χ3v) is 2.36. The SMILES string of the molecule is Cc1ccc(C(=O)N2CCCO2)c(O)c1. The van der Waals surface area contributed by atoms with Crippen LogP contribution in [0.1, 0.15) is 22.3 Å². The highest BCUT2D eigenvalue weighted by molar-refractivity contribution is 5.96. The van der Waals surface area contributed by atoms with Gasteiger partial charge in [-0.25, -0.2) is 5.06 Å². The zero-order chi connectivity index (χ0) is 10.8. The predicted molar refractivity (Wildman–Crippen MR) is 54.4 cm³/mol. The van der Waals surface area contributed by atoms with Crippen LogP contribution in [0.5, 0.6) is 5.75 Å². The van der Waals surface area contributed by atoms with E-state index in [9.17, 15) is 9.90 Å². The lowest BCUT2D eigenvalue weighted by Gasteiger charge is -2.14. The lowest BCUT2D eigenvalue weighted by Crippen LogP contribution is -2.26. The standard InChI is InChI=1S/C11H13NO3/c1-8-3-4-9(10(13)7-8)11(14)12-5-2-6-15-12/h3-4,7,13H,2,5-6H2,1H3. The first-order valence-electron chi connectivity index (χ1n) is 4.93. The number of aromatic hydroxyl groups is 1. The molecule has 0 spiro atoms. The van der Waals surface area contributed by atoms with E-state index in [1.807, 2.05) is 6.92 Å². The van der Waals surface area contributed by atoms with Crippen LogP contribution in [0.3, 0.4) is 0 Å². The Hall–Kier alpha value is -1.55. The average molecular weight is 207 g/mol. The summed E-state index contributed by atoms with van der Waals surface area (Å²) < 4.78 is 0. The zero-order valence-corrected chi connectivity index (χ0v) is 8.56. The van der Waals surface area contributed by atoms with Crippen LogP contribution in [0.2, 0.25) is 0 Å². The van der Waals surface area contributed by atoms with Crippen molar-refractivity contribution in [3.05, 3.63) is 29.3 Å². The normalized spacial score (nSPS) is 15.7. The minimum Gasteiger partial charge on any atom is -0.507 e. The van der Waals surface area contributed by atoms with Gasteiger partial charge in [0.2, 0.25) is 0 Å². The Labute approximate surface area is 88.0 Å². The summed E-state index contributed by atoms with van der Waals surface area (Å²) in [5.74, 6) is -0.263. The van der Waals surface area contributed by atoms with Crippen molar-refractivity contribution in [1.29, 1.82) is 0 Å². The number of hydrogen-bond donors (Lipinski definition) is 1. The molecule has 0 aromatic heterocycles. The summed E-state index contributed by atoms with van der Waals surface area (Å²) in [5.41, 5.74) is 1.22. The minimum atomic E-state index is -0.273. The molecule has 1 amide bonds. The summed E-state index contributed by atoms with van der Waals surface area (Å²) in [6.07, 6.45) is 0.846. The molecule has 0 bridgehead atoms. The van der Waals surface area contributed by atoms with Gasteiger partial charge in [-0.05, 0) is 31.0 Å². The smallest absolute Gasteiger partial charge is 0.281 e. The Morgan fingerprint density at radius 2 is 2.33 bits per heavy atom. The molecule has 1 aliphatic heterocycles. The first-order valence-corrected chi connectivity index (χ1v) is 4.93. The summed E-state index contributed by atoms with van der Waals surface area (Å²) in [4.78, 5) is 16.9. The topological polar surface area (TPSA) is 49.8 Å². The van der Waals surface area contributed by atoms with E-state index in [4.69, 9.17) is 4.84 Å². The van der Waals surface area contributed by atoms with Crippen LogP contribution in [0, 0.1) is 6.92 Å². The molecular formula is C11H13NO3. The van der Waals surface area contributed by atoms with E-state index in [0.29, 0.717) is 18.7 Å². The number of phenolic OH excluding ortho intramolecular Hbond substituents is 1. The van der Waals surface area contributed by atoms with Crippen molar-refractivity contribution in [2.24, 2.45) is 0 Å². The van der Waals surface area contributed by atoms with E-state index in [-0.39, 0.29) is 11.7 Å². The lowest BCUT2D eigenvalue weighted by molar-refractivity contribution is -0.0769. The molecule has 0 atom stereocenters. The minimum absolute atomic E-state index is 0.00972. The van der Waals surface area contributed by atoms with E-state index >= 15 is 0 Å². The van der Waals surface area contributed by atoms with Crippen molar-refractivity contribution >= 4 is 5.91 Å². The van der Waals surface area contributed by atoms with Gasteiger partial charge in [0, 0.05) is 0 Å². The van der Waals surface area contributed by atoms with Gasteiger partial charge in [0.05, 0.1) is 18.7 Å². The van der Waals surface area contributed by atoms with E-state index < -0.39 is 0 Å². The summed E-state index contributed by atoms with van der Waals surface area (Å²) in [5, 5.41) is 10.9. The predicted octanol–water partition coefficient (Wildman–Crippen LogP) is 1.48. The molecule has 1 N–H and O–H groups in total. The molecule has 2 rings (SSSR count). The third kappa shape index (κ3) is 1.94. The Morgan fingerprint density at radius 1 is 1.53 bits per heavy atom. The maximum Gasteiger partial charge on any atom is 0.281 e. The van der Waals surface area contributed by atoms with Crippen molar-refractivity contribution in [3.8, 4) is 5.75 Å². The quantitative estimate of drug-likeness (QED) is 0.758. The van der Waals surface area contributed by atoms with Crippen molar-refractivity contribution in [2.45, 2.75) is 13.3 Å². The molecule has 4 nitrogen and oxygen atoms in total. The largest absolute Gasteiger partial charge is 0.507 e. The summed E-state index contributed by atoms with van der Waals surface area (Å²) in [7, 11) is 0. The van der Waals surface area contributed by atoms with Gasteiger partial charge in [0.15, 0.2) is 0 Å². The van der Waals surface area contributed by atoms with Crippen LogP contribution in [-0.2, 0) is 4.84 Å². The number of amides is 1. The van der Waals surface area contributed by atoms with E-state index in [2.05, 4.69) is 0 Å². The monoisotopic (exact) mass is 207 g/mol. The van der Waals surface area contributed by atoms with Crippen molar-refractivity contribution in [1.82, 2.24) is 5.06 Å². The van der Waals surface area contributed by atoms with Gasteiger partial charge in [-0.2, -0.15) is 0 Å². The number of hydrogen-bond acceptors (Lipinski definition) is 3. The maximum absolute atomic E-state index is 11.8. The highest BCUT2D eigenvalue weighted by Crippen LogP contribution is 2.21. The number of rotatable bonds is 1. The number of nitrogens with zero attached hydrogens (tertiary/aromatic N) is 1. The molecular weight excluding hydrogens is 194 g/mol. The molecule has 0 unspecified atom stereocenters. The first-order chi connectivity index (χ1) is 7.18. The molecule has 0 aliphatic carbocycles. The van der Waals surface area contributed by atoms with Crippen molar-refractivity contribution in [3.63, 3.8) is 0 Å². The zero-order valence-electron chi connectivity index (χ0n) is 8.56. The third-order valence-electron chi connectivity index (χ3n) is 2.36. The van der Waals surface area contributed by atoms with E-state index in [1.165, 1.54) is 5.06 Å². The maximum atomic E-state index is 11.8. The molecule has 1 saturated heterocycles. The van der Waals surface area contributed by atoms with Gasteiger partial charge >= 0.3 is 0 Å². The Bertz CT molecular complexity index is 383. The van der Waals surface area contributed by atoms with E-state index in [1.54, 1.807) is 18.2 Å². The number of aryl methyl sites for hydroxylation is 1. The van der Waals surface area contributed by atoms with Crippen molar-refractivity contribution in [2.75, 3.05) is 13.2 Å². The molecule has 0 radical (unpaired) electrons. The molecule has 1 aromatic carbocycles. The molecule has 15 heavy (non-hydrogen) atoms. The van der Waals surface area contributed by atoms with Crippen LogP contribution < -0.4 is 0 Å². The fourth-order valence-corrected chi connectivity index (χ4v) is 1.56. The summed E-state index contributed by atoms with van der Waals surface area (Å²) in [6, 6.07) is 4.99. The van der Waals surface area contributed by atoms with Gasteiger partial charge in [0.25, 0.3) is 5.91 Å². The van der Waals surface area contributed by atoms with Crippen LogP contribution >= 0.6 is 0 Å². The second-order valence-corrected chi connectivity index (χ2v) is 3.61. The van der Waals surface area contributed by atoms with Crippen LogP contribution in [-0.4, -0.2) is 29.2 Å². The average Bonchev–Trinajstić information content (AvgIpc) is 2.69. The number of carbonyl (C=O) groups excluding carboxylic acids is 1. The number of hydroxylamine groups is 2. The van der Waals surface area contributed by atoms with Gasteiger partial charge < -0.3 is 5.11 Å². The Morgan fingerprint density at radius 3 is 2.93 bits per heavy atom. The fourth-order valence-electron chi connectivity index (χ4n) is 1.56. The fraction of sp³-hybridized carbons (Fsp3) is 0.364. The van der Waals surface area contributed by atoms with Gasteiger partial charge in [-0.1, -0.05) is 6.07 Å². The molecule has 1 aromatic rings. The highest BCUT2D eigenvalue weighted by atomic mass is 16.7. The molecule has 0 saturated carbocycles. The van der Waals surface area contributed by atoms with Crippen LogP contribution in [0.4, 0.5) is 0 Å². The second-order valence-electron chi connectivity index (χ2n) is 3.61. The van der Waals surface area contributed by atoms with Crippen LogP contribution in [0.15, 0.2) is 18.2 Å². The Balaban J connectivity index is 2.24. The summed E-state index contributed by atoms with van der Waals surface area (Å²) >= 11 is 0. The summed E-state index contributed by atoms with van der Waals surface area (Å²) in [6.45, 7) is 3.02. The molecule has 4 heteroatoms. The van der Waals surface area contributed by atoms with Gasteiger partial charge in [0.1, 0.15) is 5.75 Å². The molecule has 1 heterocycles. The van der Waals surface area contributed by atoms with Crippen LogP contribution in [0.25, 0.3) is 0 Å². The molecule has 1 fully saturated rings. The van der Waals surface area contributed by atoms with Crippen molar-refractivity contribution < 1.29 is 14.7 Å². The first kappa shape index (κ1) is 9.98. The van der Waals surface area contributed by atoms with Gasteiger partial charge in [-0.15, -0.1) is 0 Å². The lowest BCUT2D eigenvalue weighted by atomic mass is 10.1. The Kier molecular flexibility index (Phi) is 2.60. The highest BCUT2D eigenvalue weighted by Gasteiger charge is 2.22. The van der Waals surface area contributed by atoms with E-state index in [0.717, 1.165) is 12.0 Å². The number of phenols is 1. The van der Waals surface area contributed by atoms with Gasteiger partial charge in [-0.3, -0.25) is 9.63 Å². The number of benzene rings is 1. The number of carbonyl (C=O) groups is 1. The molecule has 80 valence electrons.